The van der Waals surface area contributed by atoms with E-state index in [1.807, 2.05) is 24.0 Å². The number of hydrogen-bond donors (Lipinski definition) is 2. The molecular formula is C29H40N2O6. The predicted octanol–water partition coefficient (Wildman–Crippen LogP) is 3.87. The van der Waals surface area contributed by atoms with Crippen LogP contribution in [0.25, 0.3) is 11.0 Å². The highest BCUT2D eigenvalue weighted by Crippen LogP contribution is 2.39. The van der Waals surface area contributed by atoms with E-state index in [1.54, 1.807) is 6.07 Å². The molecule has 1 saturated carbocycles. The first-order valence-electron chi connectivity index (χ1n) is 13.8. The number of nitrogens with one attached hydrogen (secondary N) is 1. The molecule has 1 saturated heterocycles. The lowest BCUT2D eigenvalue weighted by atomic mass is 9.71. The van der Waals surface area contributed by atoms with Gasteiger partial charge in [0.05, 0.1) is 5.60 Å². The number of ether oxygens (including phenoxy) is 1. The van der Waals surface area contributed by atoms with Crippen LogP contribution in [0.1, 0.15) is 75.8 Å². The van der Waals surface area contributed by atoms with Crippen molar-refractivity contribution in [3.63, 3.8) is 0 Å². The molecule has 0 spiro atoms. The van der Waals surface area contributed by atoms with Gasteiger partial charge in [0, 0.05) is 49.0 Å². The number of nitrogens with zero attached hydrogens (tertiary/aromatic N) is 1. The lowest BCUT2D eigenvalue weighted by molar-refractivity contribution is -0.143. The van der Waals surface area contributed by atoms with Crippen molar-refractivity contribution in [1.29, 1.82) is 0 Å². The van der Waals surface area contributed by atoms with Crippen LogP contribution in [0, 0.1) is 12.8 Å². The van der Waals surface area contributed by atoms with E-state index in [2.05, 4.69) is 12.2 Å². The van der Waals surface area contributed by atoms with Crippen molar-refractivity contribution in [2.75, 3.05) is 26.2 Å². The van der Waals surface area contributed by atoms with E-state index in [1.165, 1.54) is 0 Å². The van der Waals surface area contributed by atoms with Gasteiger partial charge < -0.3 is 24.5 Å². The molecule has 2 aromatic rings. The summed E-state index contributed by atoms with van der Waals surface area (Å²) in [5.74, 6) is 0.506. The molecule has 2 N–H and O–H groups in total. The molecule has 2 amide bonds. The van der Waals surface area contributed by atoms with E-state index < -0.39 is 5.60 Å². The molecule has 2 atom stereocenters. The molecular weight excluding hydrogens is 472 g/mol. The van der Waals surface area contributed by atoms with E-state index in [9.17, 15) is 19.5 Å². The Hall–Kier alpha value is -2.87. The normalized spacial score (nSPS) is 21.5. The van der Waals surface area contributed by atoms with Crippen molar-refractivity contribution in [3.05, 3.63) is 39.7 Å². The second kappa shape index (κ2) is 12.1. The van der Waals surface area contributed by atoms with Crippen molar-refractivity contribution in [1.82, 2.24) is 10.2 Å². The van der Waals surface area contributed by atoms with Crippen LogP contribution in [0.15, 0.2) is 27.4 Å². The van der Waals surface area contributed by atoms with E-state index >= 15 is 0 Å². The Kier molecular flexibility index (Phi) is 8.90. The summed E-state index contributed by atoms with van der Waals surface area (Å²) < 4.78 is 11.2. The van der Waals surface area contributed by atoms with E-state index in [0.29, 0.717) is 55.8 Å². The summed E-state index contributed by atoms with van der Waals surface area (Å²) in [6.07, 6.45) is 8.44. The first-order valence-corrected chi connectivity index (χ1v) is 13.8. The molecule has 2 heterocycles. The fraction of sp³-hybridized carbons (Fsp3) is 0.621. The van der Waals surface area contributed by atoms with Gasteiger partial charge >= 0.3 is 5.63 Å². The van der Waals surface area contributed by atoms with Gasteiger partial charge in [0.2, 0.25) is 5.91 Å². The van der Waals surface area contributed by atoms with Crippen molar-refractivity contribution in [3.8, 4) is 5.75 Å². The SMILES string of the molecule is CCCCc1cc(=O)oc2c(C)c(OCC(=O)NCCCC(=O)N3CCC4(O)CCCCC4C3)ccc12. The van der Waals surface area contributed by atoms with Crippen LogP contribution >= 0.6 is 0 Å². The number of likely N-dealkylation sites (tertiary alicyclic amines) is 1. The topological polar surface area (TPSA) is 109 Å². The fourth-order valence-corrected chi connectivity index (χ4v) is 5.76. The molecule has 2 unspecified atom stereocenters. The van der Waals surface area contributed by atoms with Crippen molar-refractivity contribution in [2.24, 2.45) is 5.92 Å². The van der Waals surface area contributed by atoms with Crippen molar-refractivity contribution in [2.45, 2.75) is 83.7 Å². The molecule has 37 heavy (non-hydrogen) atoms. The van der Waals surface area contributed by atoms with Gasteiger partial charge in [-0.2, -0.15) is 0 Å². The minimum atomic E-state index is -0.588. The van der Waals surface area contributed by atoms with Crippen molar-refractivity contribution < 1.29 is 23.8 Å². The number of benzene rings is 1. The number of aryl methyl sites for hydroxylation is 2. The van der Waals surface area contributed by atoms with Gasteiger partial charge in [-0.05, 0) is 63.1 Å². The number of fused-ring (bicyclic) bond motifs is 2. The number of amides is 2. The lowest BCUT2D eigenvalue weighted by Crippen LogP contribution is -2.54. The number of unbranched alkanes of at least 4 members (excludes halogenated alkanes) is 1. The van der Waals surface area contributed by atoms with Gasteiger partial charge in [0.25, 0.3) is 5.91 Å². The first kappa shape index (κ1) is 27.2. The Morgan fingerprint density at radius 3 is 2.89 bits per heavy atom. The summed E-state index contributed by atoms with van der Waals surface area (Å²) >= 11 is 0. The zero-order valence-corrected chi connectivity index (χ0v) is 22.1. The predicted molar refractivity (Wildman–Crippen MR) is 142 cm³/mol. The summed E-state index contributed by atoms with van der Waals surface area (Å²) in [6, 6.07) is 5.24. The second-order valence-corrected chi connectivity index (χ2v) is 10.6. The van der Waals surface area contributed by atoms with Crippen molar-refractivity contribution >= 4 is 22.8 Å². The number of carbonyl (C=O) groups excluding carboxylic acids is 2. The van der Waals surface area contributed by atoms with Crippen LogP contribution in [0.2, 0.25) is 0 Å². The summed E-state index contributed by atoms with van der Waals surface area (Å²) in [5, 5.41) is 14.5. The molecule has 8 heteroatoms. The highest BCUT2D eigenvalue weighted by atomic mass is 16.5. The second-order valence-electron chi connectivity index (χ2n) is 10.6. The summed E-state index contributed by atoms with van der Waals surface area (Å²) in [4.78, 5) is 38.9. The molecule has 4 rings (SSSR count). The summed E-state index contributed by atoms with van der Waals surface area (Å²) in [7, 11) is 0. The average Bonchev–Trinajstić information content (AvgIpc) is 2.89. The Bertz CT molecular complexity index is 1170. The Balaban J connectivity index is 1.22. The molecule has 2 aliphatic rings. The Morgan fingerprint density at radius 1 is 1.24 bits per heavy atom. The quantitative estimate of drug-likeness (QED) is 0.370. The highest BCUT2D eigenvalue weighted by molar-refractivity contribution is 5.85. The van der Waals surface area contributed by atoms with Crippen LogP contribution in [-0.2, 0) is 16.0 Å². The van der Waals surface area contributed by atoms with Gasteiger partial charge in [0.1, 0.15) is 11.3 Å². The molecule has 202 valence electrons. The fourth-order valence-electron chi connectivity index (χ4n) is 5.76. The number of piperidine rings is 1. The number of hydrogen-bond acceptors (Lipinski definition) is 6. The monoisotopic (exact) mass is 512 g/mol. The molecule has 2 fully saturated rings. The van der Waals surface area contributed by atoms with E-state index in [0.717, 1.165) is 55.9 Å². The van der Waals surface area contributed by atoms with Gasteiger partial charge in [-0.15, -0.1) is 0 Å². The van der Waals surface area contributed by atoms with E-state index in [4.69, 9.17) is 9.15 Å². The molecule has 1 aromatic carbocycles. The smallest absolute Gasteiger partial charge is 0.336 e. The molecule has 1 aliphatic carbocycles. The lowest BCUT2D eigenvalue weighted by Gasteiger charge is -2.47. The molecule has 1 aromatic heterocycles. The minimum absolute atomic E-state index is 0.0877. The maximum Gasteiger partial charge on any atom is 0.336 e. The van der Waals surface area contributed by atoms with Crippen LogP contribution in [0.3, 0.4) is 0 Å². The van der Waals surface area contributed by atoms with Crippen LogP contribution in [0.5, 0.6) is 5.75 Å². The summed E-state index contributed by atoms with van der Waals surface area (Å²) in [5.41, 5.74) is 1.19. The van der Waals surface area contributed by atoms with E-state index in [-0.39, 0.29) is 30.0 Å². The van der Waals surface area contributed by atoms with Gasteiger partial charge in [-0.1, -0.05) is 26.2 Å². The van der Waals surface area contributed by atoms with Gasteiger partial charge in [0.15, 0.2) is 6.61 Å². The summed E-state index contributed by atoms with van der Waals surface area (Å²) in [6.45, 7) is 5.41. The molecule has 0 radical (unpaired) electrons. The first-order chi connectivity index (χ1) is 17.8. The molecule has 0 bridgehead atoms. The maximum absolute atomic E-state index is 12.7. The van der Waals surface area contributed by atoms with Crippen LogP contribution < -0.4 is 15.7 Å². The molecule has 1 aliphatic heterocycles. The third kappa shape index (κ3) is 6.53. The molecule has 8 nitrogen and oxygen atoms in total. The zero-order valence-electron chi connectivity index (χ0n) is 22.1. The van der Waals surface area contributed by atoms with Gasteiger partial charge in [-0.3, -0.25) is 9.59 Å². The Labute approximate surface area is 218 Å². The van der Waals surface area contributed by atoms with Gasteiger partial charge in [-0.25, -0.2) is 4.79 Å². The van der Waals surface area contributed by atoms with Crippen LogP contribution in [0.4, 0.5) is 0 Å². The van der Waals surface area contributed by atoms with Crippen LogP contribution in [-0.4, -0.2) is 53.7 Å². The number of carbonyl (C=O) groups is 2. The number of rotatable bonds is 10. The highest BCUT2D eigenvalue weighted by Gasteiger charge is 2.43. The third-order valence-corrected chi connectivity index (χ3v) is 8.03. The minimum Gasteiger partial charge on any atom is -0.483 e. The largest absolute Gasteiger partial charge is 0.483 e. The maximum atomic E-state index is 12.7. The third-order valence-electron chi connectivity index (χ3n) is 8.03. The standard InChI is InChI=1S/C29H40N2O6/c1-3-4-8-21-17-27(34)37-28-20(2)24(12-11-23(21)28)36-19-25(32)30-15-7-10-26(33)31-16-14-29(35)13-6-5-9-22(29)18-31/h11-12,17,22,35H,3-10,13-16,18-19H2,1-2H3,(H,30,32). The Morgan fingerprint density at radius 2 is 2.08 bits per heavy atom. The average molecular weight is 513 g/mol. The zero-order chi connectivity index (χ0) is 26.4. The number of aliphatic hydroxyl groups is 1.